The predicted molar refractivity (Wildman–Crippen MR) is 96.4 cm³/mol. The zero-order valence-corrected chi connectivity index (χ0v) is 14.8. The van der Waals surface area contributed by atoms with E-state index in [0.29, 0.717) is 11.6 Å². The van der Waals surface area contributed by atoms with Crippen molar-refractivity contribution < 1.29 is 9.59 Å². The van der Waals surface area contributed by atoms with Gasteiger partial charge >= 0.3 is 0 Å². The fraction of sp³-hybridized carbons (Fsp3) is 0.611. The van der Waals surface area contributed by atoms with Crippen LogP contribution in [0.1, 0.15) is 43.0 Å². The standard InChI is InChI=1S/C18H27N5O2/c1-13(18(25)21-14-4-2-3-5-14)22-8-10-23(11-9-22)16-6-7-20-12-15(16)17(19)24/h6-7,12-14H,2-5,8-11H2,1H3,(H2,19,24)(H,21,25). The Morgan fingerprint density at radius 3 is 2.56 bits per heavy atom. The summed E-state index contributed by atoms with van der Waals surface area (Å²) in [6.45, 7) is 5.04. The second-order valence-corrected chi connectivity index (χ2v) is 6.95. The summed E-state index contributed by atoms with van der Waals surface area (Å²) in [4.78, 5) is 32.4. The van der Waals surface area contributed by atoms with Crippen molar-refractivity contribution in [1.82, 2.24) is 15.2 Å². The number of nitrogens with two attached hydrogens (primary N) is 1. The molecule has 7 heteroatoms. The van der Waals surface area contributed by atoms with Crippen LogP contribution in [0.25, 0.3) is 0 Å². The van der Waals surface area contributed by atoms with E-state index in [1.165, 1.54) is 19.0 Å². The second-order valence-electron chi connectivity index (χ2n) is 6.95. The fourth-order valence-corrected chi connectivity index (χ4v) is 3.76. The summed E-state index contributed by atoms with van der Waals surface area (Å²) in [5.41, 5.74) is 6.72. The summed E-state index contributed by atoms with van der Waals surface area (Å²) in [6, 6.07) is 2.05. The van der Waals surface area contributed by atoms with E-state index in [0.717, 1.165) is 44.7 Å². The number of amides is 2. The lowest BCUT2D eigenvalue weighted by atomic mass is 10.1. The molecule has 1 saturated carbocycles. The van der Waals surface area contributed by atoms with Gasteiger partial charge in [0.2, 0.25) is 5.91 Å². The van der Waals surface area contributed by atoms with Crippen LogP contribution >= 0.6 is 0 Å². The van der Waals surface area contributed by atoms with Gasteiger partial charge in [0.1, 0.15) is 0 Å². The Morgan fingerprint density at radius 2 is 1.92 bits per heavy atom. The van der Waals surface area contributed by atoms with E-state index in [4.69, 9.17) is 5.73 Å². The van der Waals surface area contributed by atoms with Crippen LogP contribution in [0.4, 0.5) is 5.69 Å². The number of aromatic nitrogens is 1. The molecule has 1 unspecified atom stereocenters. The van der Waals surface area contributed by atoms with Crippen LogP contribution in [0.2, 0.25) is 0 Å². The number of anilines is 1. The van der Waals surface area contributed by atoms with E-state index in [1.807, 2.05) is 13.0 Å². The normalized spacial score (nSPS) is 20.4. The molecule has 0 radical (unpaired) electrons. The number of carbonyl (C=O) groups is 2. The number of nitrogens with zero attached hydrogens (tertiary/aromatic N) is 3. The third-order valence-electron chi connectivity index (χ3n) is 5.35. The number of primary amides is 1. The first-order valence-electron chi connectivity index (χ1n) is 9.09. The minimum Gasteiger partial charge on any atom is -0.368 e. The maximum atomic E-state index is 12.5. The molecule has 3 rings (SSSR count). The molecular formula is C18H27N5O2. The maximum Gasteiger partial charge on any atom is 0.252 e. The Balaban J connectivity index is 1.56. The average molecular weight is 345 g/mol. The SMILES string of the molecule is CC(C(=O)NC1CCCC1)N1CCN(c2ccncc2C(N)=O)CC1. The van der Waals surface area contributed by atoms with Gasteiger partial charge in [-0.3, -0.25) is 19.5 Å². The summed E-state index contributed by atoms with van der Waals surface area (Å²) in [5, 5.41) is 3.18. The third kappa shape index (κ3) is 4.10. The summed E-state index contributed by atoms with van der Waals surface area (Å²) in [7, 11) is 0. The van der Waals surface area contributed by atoms with Gasteiger partial charge in [0.25, 0.3) is 5.91 Å². The third-order valence-corrected chi connectivity index (χ3v) is 5.35. The van der Waals surface area contributed by atoms with Gasteiger partial charge in [-0.1, -0.05) is 12.8 Å². The van der Waals surface area contributed by atoms with Gasteiger partial charge in [0.05, 0.1) is 17.3 Å². The lowest BCUT2D eigenvalue weighted by molar-refractivity contribution is -0.126. The number of carbonyl (C=O) groups excluding carboxylic acids is 2. The zero-order chi connectivity index (χ0) is 17.8. The highest BCUT2D eigenvalue weighted by molar-refractivity contribution is 5.98. The van der Waals surface area contributed by atoms with Crippen LogP contribution in [0.15, 0.2) is 18.5 Å². The van der Waals surface area contributed by atoms with Gasteiger partial charge < -0.3 is 16.0 Å². The Bertz CT molecular complexity index is 622. The molecule has 1 saturated heterocycles. The lowest BCUT2D eigenvalue weighted by Gasteiger charge is -2.39. The Hall–Kier alpha value is -2.15. The molecule has 2 fully saturated rings. The summed E-state index contributed by atoms with van der Waals surface area (Å²) in [5.74, 6) is -0.336. The van der Waals surface area contributed by atoms with E-state index >= 15 is 0 Å². The number of hydrogen-bond acceptors (Lipinski definition) is 5. The highest BCUT2D eigenvalue weighted by Gasteiger charge is 2.28. The Morgan fingerprint density at radius 1 is 1.24 bits per heavy atom. The molecule has 0 aromatic carbocycles. The molecule has 25 heavy (non-hydrogen) atoms. The summed E-state index contributed by atoms with van der Waals surface area (Å²) < 4.78 is 0. The van der Waals surface area contributed by atoms with Crippen molar-refractivity contribution in [2.24, 2.45) is 5.73 Å². The van der Waals surface area contributed by atoms with E-state index < -0.39 is 5.91 Å². The first kappa shape index (κ1) is 17.7. The fourth-order valence-electron chi connectivity index (χ4n) is 3.76. The smallest absolute Gasteiger partial charge is 0.252 e. The largest absolute Gasteiger partial charge is 0.368 e. The minimum atomic E-state index is -0.463. The monoisotopic (exact) mass is 345 g/mol. The highest BCUT2D eigenvalue weighted by atomic mass is 16.2. The van der Waals surface area contributed by atoms with Crippen molar-refractivity contribution in [3.05, 3.63) is 24.0 Å². The van der Waals surface area contributed by atoms with Crippen molar-refractivity contribution in [2.75, 3.05) is 31.1 Å². The maximum absolute atomic E-state index is 12.5. The van der Waals surface area contributed by atoms with Crippen LogP contribution in [-0.2, 0) is 4.79 Å². The number of piperazine rings is 1. The lowest BCUT2D eigenvalue weighted by Crippen LogP contribution is -2.55. The number of nitrogens with one attached hydrogen (secondary N) is 1. The molecule has 1 aliphatic heterocycles. The first-order valence-corrected chi connectivity index (χ1v) is 9.09. The topological polar surface area (TPSA) is 91.6 Å². The molecule has 0 bridgehead atoms. The molecule has 1 aliphatic carbocycles. The quantitative estimate of drug-likeness (QED) is 0.822. The van der Waals surface area contributed by atoms with E-state index in [-0.39, 0.29) is 11.9 Å². The van der Waals surface area contributed by atoms with Gasteiger partial charge in [-0.25, -0.2) is 0 Å². The molecular weight excluding hydrogens is 318 g/mol. The van der Waals surface area contributed by atoms with Gasteiger partial charge in [0.15, 0.2) is 0 Å². The number of rotatable bonds is 5. The summed E-state index contributed by atoms with van der Waals surface area (Å²) in [6.07, 6.45) is 7.82. The van der Waals surface area contributed by atoms with Crippen molar-refractivity contribution in [3.8, 4) is 0 Å². The summed E-state index contributed by atoms with van der Waals surface area (Å²) >= 11 is 0. The molecule has 2 amide bonds. The predicted octanol–water partition coefficient (Wildman–Crippen LogP) is 0.750. The number of hydrogen-bond donors (Lipinski definition) is 2. The Labute approximate surface area is 148 Å². The zero-order valence-electron chi connectivity index (χ0n) is 14.8. The van der Waals surface area contributed by atoms with Crippen LogP contribution in [0, 0.1) is 0 Å². The Kier molecular flexibility index (Phi) is 5.53. The average Bonchev–Trinajstić information content (AvgIpc) is 3.14. The van der Waals surface area contributed by atoms with E-state index in [2.05, 4.69) is 20.1 Å². The van der Waals surface area contributed by atoms with Crippen molar-refractivity contribution in [2.45, 2.75) is 44.7 Å². The van der Waals surface area contributed by atoms with Gasteiger partial charge in [-0.05, 0) is 25.8 Å². The van der Waals surface area contributed by atoms with Crippen LogP contribution in [0.3, 0.4) is 0 Å². The second kappa shape index (κ2) is 7.82. The molecule has 2 aliphatic rings. The number of pyridine rings is 1. The molecule has 1 aromatic rings. The van der Waals surface area contributed by atoms with Gasteiger partial charge in [0, 0.05) is 44.6 Å². The molecule has 136 valence electrons. The van der Waals surface area contributed by atoms with Crippen LogP contribution in [-0.4, -0.2) is 60.0 Å². The molecule has 2 heterocycles. The van der Waals surface area contributed by atoms with Crippen molar-refractivity contribution in [1.29, 1.82) is 0 Å². The van der Waals surface area contributed by atoms with Gasteiger partial charge in [-0.15, -0.1) is 0 Å². The molecule has 3 N–H and O–H groups in total. The first-order chi connectivity index (χ1) is 12.1. The molecule has 0 spiro atoms. The van der Waals surface area contributed by atoms with Crippen LogP contribution < -0.4 is 16.0 Å². The minimum absolute atomic E-state index is 0.127. The van der Waals surface area contributed by atoms with E-state index in [1.54, 1.807) is 6.20 Å². The van der Waals surface area contributed by atoms with Crippen molar-refractivity contribution >= 4 is 17.5 Å². The molecule has 1 aromatic heterocycles. The van der Waals surface area contributed by atoms with Crippen molar-refractivity contribution in [3.63, 3.8) is 0 Å². The van der Waals surface area contributed by atoms with Crippen LogP contribution in [0.5, 0.6) is 0 Å². The highest BCUT2D eigenvalue weighted by Crippen LogP contribution is 2.22. The van der Waals surface area contributed by atoms with Gasteiger partial charge in [-0.2, -0.15) is 0 Å². The van der Waals surface area contributed by atoms with E-state index in [9.17, 15) is 9.59 Å². The molecule has 7 nitrogen and oxygen atoms in total. The molecule has 1 atom stereocenters.